The van der Waals surface area contributed by atoms with Gasteiger partial charge in [-0.25, -0.2) is 9.98 Å². The van der Waals surface area contributed by atoms with E-state index in [1.807, 2.05) is 30.1 Å². The van der Waals surface area contributed by atoms with Crippen LogP contribution < -0.4 is 0 Å². The van der Waals surface area contributed by atoms with Crippen LogP contribution in [0.3, 0.4) is 0 Å². The quantitative estimate of drug-likeness (QED) is 0.862. The summed E-state index contributed by atoms with van der Waals surface area (Å²) in [7, 11) is 0. The minimum atomic E-state index is 0.327. The van der Waals surface area contributed by atoms with E-state index in [0.717, 1.165) is 35.1 Å². The Morgan fingerprint density at radius 1 is 1.33 bits per heavy atom. The normalized spacial score (nSPS) is 15.2. The van der Waals surface area contributed by atoms with Crippen molar-refractivity contribution in [3.8, 4) is 0 Å². The Kier molecular flexibility index (Phi) is 3.73. The zero-order valence-electron chi connectivity index (χ0n) is 12.7. The third kappa shape index (κ3) is 2.55. The van der Waals surface area contributed by atoms with E-state index in [2.05, 4.69) is 30.0 Å². The fourth-order valence-electron chi connectivity index (χ4n) is 2.55. The van der Waals surface area contributed by atoms with Gasteiger partial charge in [-0.15, -0.1) is 0 Å². The fraction of sp³-hybridized carbons (Fsp3) is 0.438. The second-order valence-electron chi connectivity index (χ2n) is 5.35. The topological polar surface area (TPSA) is 52.3 Å². The number of rotatable bonds is 4. The van der Waals surface area contributed by atoms with E-state index in [-0.39, 0.29) is 0 Å². The van der Waals surface area contributed by atoms with Crippen molar-refractivity contribution in [1.29, 1.82) is 0 Å². The predicted molar refractivity (Wildman–Crippen MR) is 84.2 cm³/mol. The highest BCUT2D eigenvalue weighted by Crippen LogP contribution is 2.28. The Labute approximate surface area is 124 Å². The summed E-state index contributed by atoms with van der Waals surface area (Å²) >= 11 is 0. The minimum Gasteiger partial charge on any atom is -0.478 e. The molecule has 0 aliphatic carbocycles. The second-order valence-corrected chi connectivity index (χ2v) is 5.35. The predicted octanol–water partition coefficient (Wildman–Crippen LogP) is 3.58. The highest BCUT2D eigenvalue weighted by molar-refractivity contribution is 5.80. The molecule has 0 N–H and O–H groups in total. The first-order valence-electron chi connectivity index (χ1n) is 7.43. The summed E-state index contributed by atoms with van der Waals surface area (Å²) in [5, 5.41) is 4.41. The molecule has 0 saturated heterocycles. The van der Waals surface area contributed by atoms with E-state index in [9.17, 15) is 0 Å². The molecule has 0 amide bonds. The molecule has 5 heteroatoms. The molecular weight excluding hydrogens is 264 g/mol. The van der Waals surface area contributed by atoms with Gasteiger partial charge in [-0.1, -0.05) is 0 Å². The molecule has 0 atom stereocenters. The molecule has 21 heavy (non-hydrogen) atoms. The van der Waals surface area contributed by atoms with E-state index in [4.69, 9.17) is 9.72 Å². The van der Waals surface area contributed by atoms with Gasteiger partial charge in [0.05, 0.1) is 24.0 Å². The van der Waals surface area contributed by atoms with E-state index in [1.165, 1.54) is 0 Å². The molecule has 0 saturated carbocycles. The van der Waals surface area contributed by atoms with Crippen molar-refractivity contribution in [2.45, 2.75) is 39.7 Å². The van der Waals surface area contributed by atoms with Crippen LogP contribution in [0.4, 0.5) is 0 Å². The van der Waals surface area contributed by atoms with E-state index >= 15 is 0 Å². The number of aliphatic imine (C=N–C) groups is 1. The average molecular weight is 284 g/mol. The van der Waals surface area contributed by atoms with E-state index in [0.29, 0.717) is 18.5 Å². The number of hydrogen-bond donors (Lipinski definition) is 0. The van der Waals surface area contributed by atoms with Crippen LogP contribution in [0.25, 0.3) is 16.6 Å². The molecule has 0 aromatic carbocycles. The lowest BCUT2D eigenvalue weighted by atomic mass is 10.0. The summed E-state index contributed by atoms with van der Waals surface area (Å²) in [6.45, 7) is 6.82. The van der Waals surface area contributed by atoms with Crippen LogP contribution in [-0.2, 0) is 4.74 Å². The molecule has 3 heterocycles. The van der Waals surface area contributed by atoms with Gasteiger partial charge >= 0.3 is 0 Å². The second kappa shape index (κ2) is 5.68. The molecule has 110 valence electrons. The first kappa shape index (κ1) is 13.8. The van der Waals surface area contributed by atoms with Crippen LogP contribution in [0, 0.1) is 0 Å². The molecule has 0 bridgehead atoms. The van der Waals surface area contributed by atoms with Gasteiger partial charge in [0.15, 0.2) is 0 Å². The fourth-order valence-corrected chi connectivity index (χ4v) is 2.55. The Bertz CT molecular complexity index is 712. The molecule has 0 spiro atoms. The van der Waals surface area contributed by atoms with Crippen molar-refractivity contribution in [2.75, 3.05) is 6.61 Å². The Morgan fingerprint density at radius 3 is 2.95 bits per heavy atom. The zero-order valence-corrected chi connectivity index (χ0v) is 12.7. The molecule has 1 aliphatic heterocycles. The molecule has 0 fully saturated rings. The van der Waals surface area contributed by atoms with Crippen molar-refractivity contribution < 1.29 is 4.74 Å². The number of fused-ring (bicyclic) bond motifs is 1. The molecule has 1 aliphatic rings. The van der Waals surface area contributed by atoms with Gasteiger partial charge in [0, 0.05) is 17.8 Å². The van der Waals surface area contributed by atoms with Gasteiger partial charge in [-0.05, 0) is 45.7 Å². The van der Waals surface area contributed by atoms with Crippen molar-refractivity contribution in [3.63, 3.8) is 0 Å². The molecule has 5 nitrogen and oxygen atoms in total. The third-order valence-electron chi connectivity index (χ3n) is 3.52. The maximum absolute atomic E-state index is 5.63. The third-order valence-corrected chi connectivity index (χ3v) is 3.52. The number of allylic oxidation sites excluding steroid dienone is 1. The maximum Gasteiger partial charge on any atom is 0.218 e. The highest BCUT2D eigenvalue weighted by atomic mass is 16.5. The van der Waals surface area contributed by atoms with Crippen molar-refractivity contribution in [3.05, 3.63) is 29.9 Å². The van der Waals surface area contributed by atoms with Crippen molar-refractivity contribution >= 4 is 22.8 Å². The van der Waals surface area contributed by atoms with E-state index in [1.54, 1.807) is 0 Å². The molecule has 2 aromatic heterocycles. The van der Waals surface area contributed by atoms with Crippen LogP contribution in [0.5, 0.6) is 0 Å². The summed E-state index contributed by atoms with van der Waals surface area (Å²) in [5.41, 5.74) is 4.00. The van der Waals surface area contributed by atoms with Crippen LogP contribution in [-0.4, -0.2) is 27.6 Å². The number of pyridine rings is 1. The summed E-state index contributed by atoms with van der Waals surface area (Å²) in [4.78, 5) is 9.10. The van der Waals surface area contributed by atoms with Gasteiger partial charge < -0.3 is 4.74 Å². The monoisotopic (exact) mass is 284 g/mol. The largest absolute Gasteiger partial charge is 0.478 e. The summed E-state index contributed by atoms with van der Waals surface area (Å²) in [6, 6.07) is 4.45. The molecule has 3 rings (SSSR count). The van der Waals surface area contributed by atoms with Gasteiger partial charge in [-0.2, -0.15) is 5.10 Å². The Morgan fingerprint density at radius 2 is 2.19 bits per heavy atom. The van der Waals surface area contributed by atoms with Crippen LogP contribution in [0.15, 0.2) is 29.2 Å². The lowest BCUT2D eigenvalue weighted by molar-refractivity contribution is 0.227. The van der Waals surface area contributed by atoms with Crippen LogP contribution >= 0.6 is 0 Å². The molecule has 2 aromatic rings. The van der Waals surface area contributed by atoms with Gasteiger partial charge in [-0.3, -0.25) is 4.68 Å². The smallest absolute Gasteiger partial charge is 0.218 e. The lowest BCUT2D eigenvalue weighted by Crippen LogP contribution is -2.04. The number of hydrogen-bond acceptors (Lipinski definition) is 4. The first-order chi connectivity index (χ1) is 10.2. The lowest BCUT2D eigenvalue weighted by Gasteiger charge is -2.15. The van der Waals surface area contributed by atoms with Crippen LogP contribution in [0.2, 0.25) is 0 Å². The maximum atomic E-state index is 5.63. The summed E-state index contributed by atoms with van der Waals surface area (Å²) < 4.78 is 7.62. The SMILES string of the molecule is CCOC1=C(c2ccc3c(cnn3C(C)C)n2)CCC=N1. The van der Waals surface area contributed by atoms with Crippen molar-refractivity contribution in [2.24, 2.45) is 4.99 Å². The van der Waals surface area contributed by atoms with Crippen LogP contribution in [0.1, 0.15) is 45.3 Å². The average Bonchev–Trinajstić information content (AvgIpc) is 2.91. The molecule has 0 radical (unpaired) electrons. The Balaban J connectivity index is 2.06. The number of aromatic nitrogens is 3. The summed E-state index contributed by atoms with van der Waals surface area (Å²) in [6.07, 6.45) is 5.57. The van der Waals surface area contributed by atoms with Gasteiger partial charge in [0.25, 0.3) is 0 Å². The van der Waals surface area contributed by atoms with Gasteiger partial charge in [0.1, 0.15) is 5.52 Å². The molecular formula is C16H20N4O. The summed E-state index contributed by atoms with van der Waals surface area (Å²) in [5.74, 6) is 0.701. The standard InChI is InChI=1S/C16H20N4O/c1-4-21-16-12(6-5-9-17-16)13-7-8-15-14(19-13)10-18-20(15)11(2)3/h7-11H,4-6H2,1-3H3. The van der Waals surface area contributed by atoms with Crippen molar-refractivity contribution in [1.82, 2.24) is 14.8 Å². The van der Waals surface area contributed by atoms with E-state index < -0.39 is 0 Å². The number of ether oxygens (including phenoxy) is 1. The minimum absolute atomic E-state index is 0.327. The van der Waals surface area contributed by atoms with Gasteiger partial charge in [0.2, 0.25) is 5.88 Å². The number of nitrogens with zero attached hydrogens (tertiary/aromatic N) is 4. The first-order valence-corrected chi connectivity index (χ1v) is 7.43. The zero-order chi connectivity index (χ0) is 14.8. The highest BCUT2D eigenvalue weighted by Gasteiger charge is 2.16. The molecule has 0 unspecified atom stereocenters. The Hall–Kier alpha value is -2.17.